The Balaban J connectivity index is 1.57. The van der Waals surface area contributed by atoms with Crippen molar-refractivity contribution in [2.45, 2.75) is 57.7 Å². The van der Waals surface area contributed by atoms with Crippen molar-refractivity contribution in [2.24, 2.45) is 5.92 Å². The lowest BCUT2D eigenvalue weighted by Crippen LogP contribution is -2.57. The molecule has 0 radical (unpaired) electrons. The SMILES string of the molecule is CC(C)[C@@H]1NC(=O)C[C@@H](C(=O)NCCc2ccc(F)cc2)NC(=O)c2ccccc2OCCCNC(=O)[C@H](Cc2ccccc2)NC1=O. The minimum absolute atomic E-state index is 0.162. The summed E-state index contributed by atoms with van der Waals surface area (Å²) in [6.45, 7) is 4.09. The number of hydrogen-bond donors (Lipinski definition) is 5. The van der Waals surface area contributed by atoms with Gasteiger partial charge in [-0.25, -0.2) is 4.39 Å². The highest BCUT2D eigenvalue weighted by atomic mass is 19.1. The van der Waals surface area contributed by atoms with Crippen LogP contribution in [0.3, 0.4) is 0 Å². The van der Waals surface area contributed by atoms with Crippen molar-refractivity contribution in [2.75, 3.05) is 19.7 Å². The monoisotopic (exact) mass is 659 g/mol. The zero-order valence-electron chi connectivity index (χ0n) is 27.1. The second-order valence-corrected chi connectivity index (χ2v) is 11.9. The molecule has 4 rings (SSSR count). The second-order valence-electron chi connectivity index (χ2n) is 11.9. The van der Waals surface area contributed by atoms with E-state index in [2.05, 4.69) is 26.6 Å². The molecule has 254 valence electrons. The van der Waals surface area contributed by atoms with Crippen LogP contribution in [0.25, 0.3) is 0 Å². The molecule has 3 aromatic rings. The van der Waals surface area contributed by atoms with Gasteiger partial charge in [0.1, 0.15) is 29.7 Å². The van der Waals surface area contributed by atoms with E-state index in [0.717, 1.165) is 11.1 Å². The molecule has 0 unspecified atom stereocenters. The lowest BCUT2D eigenvalue weighted by Gasteiger charge is -2.26. The predicted octanol–water partition coefficient (Wildman–Crippen LogP) is 2.44. The van der Waals surface area contributed by atoms with Gasteiger partial charge in [-0.2, -0.15) is 0 Å². The van der Waals surface area contributed by atoms with Crippen LogP contribution in [0.2, 0.25) is 0 Å². The maximum absolute atomic E-state index is 13.5. The van der Waals surface area contributed by atoms with E-state index in [-0.39, 0.29) is 55.1 Å². The Morgan fingerprint density at radius 1 is 0.875 bits per heavy atom. The van der Waals surface area contributed by atoms with Gasteiger partial charge in [-0.1, -0.05) is 68.4 Å². The second kappa shape index (κ2) is 17.6. The van der Waals surface area contributed by atoms with Gasteiger partial charge in [0.15, 0.2) is 0 Å². The number of nitrogens with one attached hydrogen (secondary N) is 5. The van der Waals surface area contributed by atoms with Crippen LogP contribution in [-0.2, 0) is 32.0 Å². The van der Waals surface area contributed by atoms with Crippen LogP contribution in [0.4, 0.5) is 4.39 Å². The van der Waals surface area contributed by atoms with Gasteiger partial charge in [0.05, 0.1) is 18.6 Å². The average molecular weight is 660 g/mol. The van der Waals surface area contributed by atoms with Crippen molar-refractivity contribution in [1.82, 2.24) is 26.6 Å². The van der Waals surface area contributed by atoms with E-state index in [9.17, 15) is 28.4 Å². The summed E-state index contributed by atoms with van der Waals surface area (Å²) in [5.74, 6) is -3.32. The number of carbonyl (C=O) groups is 5. The van der Waals surface area contributed by atoms with Gasteiger partial charge in [0.2, 0.25) is 23.6 Å². The maximum Gasteiger partial charge on any atom is 0.255 e. The highest BCUT2D eigenvalue weighted by Gasteiger charge is 2.31. The van der Waals surface area contributed by atoms with E-state index < -0.39 is 48.2 Å². The molecule has 12 heteroatoms. The van der Waals surface area contributed by atoms with Crippen molar-refractivity contribution in [3.63, 3.8) is 0 Å². The third kappa shape index (κ3) is 10.6. The molecule has 48 heavy (non-hydrogen) atoms. The van der Waals surface area contributed by atoms with Gasteiger partial charge in [-0.05, 0) is 54.2 Å². The Kier molecular flexibility index (Phi) is 13.1. The van der Waals surface area contributed by atoms with Crippen LogP contribution < -0.4 is 31.3 Å². The minimum atomic E-state index is -1.30. The summed E-state index contributed by atoms with van der Waals surface area (Å²) >= 11 is 0. The Bertz CT molecular complexity index is 1570. The largest absolute Gasteiger partial charge is 0.493 e. The van der Waals surface area contributed by atoms with Gasteiger partial charge in [0.25, 0.3) is 5.91 Å². The third-order valence-electron chi connectivity index (χ3n) is 7.83. The molecule has 0 fully saturated rings. The number of benzene rings is 3. The zero-order valence-corrected chi connectivity index (χ0v) is 27.1. The van der Waals surface area contributed by atoms with Crippen molar-refractivity contribution < 1.29 is 33.1 Å². The number of carbonyl (C=O) groups excluding carboxylic acids is 5. The summed E-state index contributed by atoms with van der Waals surface area (Å²) in [6, 6.07) is 18.4. The van der Waals surface area contributed by atoms with E-state index in [0.29, 0.717) is 12.8 Å². The summed E-state index contributed by atoms with van der Waals surface area (Å²) in [4.78, 5) is 67.1. The summed E-state index contributed by atoms with van der Waals surface area (Å²) in [7, 11) is 0. The van der Waals surface area contributed by atoms with Crippen molar-refractivity contribution in [3.8, 4) is 5.75 Å². The number of halogens is 1. The highest BCUT2D eigenvalue weighted by Crippen LogP contribution is 2.19. The van der Waals surface area contributed by atoms with E-state index in [4.69, 9.17) is 4.74 Å². The smallest absolute Gasteiger partial charge is 0.255 e. The maximum atomic E-state index is 13.5. The molecule has 0 saturated carbocycles. The Labute approximate surface area is 279 Å². The number of amides is 5. The Morgan fingerprint density at radius 2 is 1.58 bits per heavy atom. The van der Waals surface area contributed by atoms with E-state index in [1.165, 1.54) is 12.1 Å². The summed E-state index contributed by atoms with van der Waals surface area (Å²) in [5, 5.41) is 13.8. The molecule has 1 heterocycles. The molecule has 1 aliphatic heterocycles. The summed E-state index contributed by atoms with van der Waals surface area (Å²) in [5.41, 5.74) is 1.79. The molecular weight excluding hydrogens is 617 g/mol. The van der Waals surface area contributed by atoms with Crippen LogP contribution in [0, 0.1) is 11.7 Å². The van der Waals surface area contributed by atoms with Crippen molar-refractivity contribution >= 4 is 29.5 Å². The molecule has 11 nitrogen and oxygen atoms in total. The Hall–Kier alpha value is -5.26. The predicted molar refractivity (Wildman–Crippen MR) is 177 cm³/mol. The fourth-order valence-electron chi connectivity index (χ4n) is 5.19. The van der Waals surface area contributed by atoms with Gasteiger partial charge in [0, 0.05) is 19.5 Å². The molecule has 0 aliphatic carbocycles. The van der Waals surface area contributed by atoms with E-state index in [1.807, 2.05) is 30.3 Å². The summed E-state index contributed by atoms with van der Waals surface area (Å²) < 4.78 is 19.2. The van der Waals surface area contributed by atoms with Crippen LogP contribution in [0.15, 0.2) is 78.9 Å². The quantitative estimate of drug-likeness (QED) is 0.263. The molecule has 5 N–H and O–H groups in total. The molecule has 3 aromatic carbocycles. The molecule has 1 aliphatic rings. The summed E-state index contributed by atoms with van der Waals surface area (Å²) in [6.07, 6.45) is 0.565. The van der Waals surface area contributed by atoms with Crippen LogP contribution in [0.5, 0.6) is 5.75 Å². The normalized spacial score (nSPS) is 19.7. The van der Waals surface area contributed by atoms with Crippen molar-refractivity contribution in [1.29, 1.82) is 0 Å². The first kappa shape index (κ1) is 35.6. The zero-order chi connectivity index (χ0) is 34.5. The third-order valence-corrected chi connectivity index (χ3v) is 7.83. The van der Waals surface area contributed by atoms with Gasteiger partial charge >= 0.3 is 0 Å². The van der Waals surface area contributed by atoms with Crippen molar-refractivity contribution in [3.05, 3.63) is 101 Å². The molecule has 0 bridgehead atoms. The van der Waals surface area contributed by atoms with Gasteiger partial charge < -0.3 is 31.3 Å². The van der Waals surface area contributed by atoms with Crippen LogP contribution in [0.1, 0.15) is 48.2 Å². The lowest BCUT2D eigenvalue weighted by molar-refractivity contribution is -0.133. The minimum Gasteiger partial charge on any atom is -0.493 e. The molecule has 0 saturated heterocycles. The first-order valence-corrected chi connectivity index (χ1v) is 16.1. The molecule has 0 aromatic heterocycles. The van der Waals surface area contributed by atoms with E-state index in [1.54, 1.807) is 50.2 Å². The fourth-order valence-corrected chi connectivity index (χ4v) is 5.19. The topological polar surface area (TPSA) is 155 Å². The number of hydrogen-bond acceptors (Lipinski definition) is 6. The average Bonchev–Trinajstić information content (AvgIpc) is 3.07. The number of fused-ring (bicyclic) bond motifs is 1. The standard InChI is InChI=1S/C36H42FN5O6/c1-23(2)32-36(47)41-28(21-25-9-4-3-5-10-25)34(45)38-18-8-20-48-30-12-7-6-11-27(30)33(44)40-29(22-31(43)42-32)35(46)39-19-17-24-13-15-26(37)16-14-24/h3-7,9-16,23,28-29,32H,8,17-22H2,1-2H3,(H,38,45)(H,39,46)(H,40,44)(H,41,47)(H,42,43)/t28-,29-,32-/m0/s1. The van der Waals surface area contributed by atoms with Crippen LogP contribution >= 0.6 is 0 Å². The van der Waals surface area contributed by atoms with E-state index >= 15 is 0 Å². The van der Waals surface area contributed by atoms with Gasteiger partial charge in [-0.15, -0.1) is 0 Å². The van der Waals surface area contributed by atoms with Crippen LogP contribution in [-0.4, -0.2) is 67.4 Å². The first-order chi connectivity index (χ1) is 23.1. The molecular formula is C36H42FN5O6. The number of rotatable bonds is 7. The lowest BCUT2D eigenvalue weighted by atomic mass is 10.0. The number of para-hydroxylation sites is 1. The fraction of sp³-hybridized carbons (Fsp3) is 0.361. The molecule has 0 spiro atoms. The molecule has 5 amide bonds. The van der Waals surface area contributed by atoms with Gasteiger partial charge in [-0.3, -0.25) is 24.0 Å². The number of ether oxygens (including phenoxy) is 1. The molecule has 3 atom stereocenters. The highest BCUT2D eigenvalue weighted by molar-refractivity contribution is 6.01. The Morgan fingerprint density at radius 3 is 2.31 bits per heavy atom. The first-order valence-electron chi connectivity index (χ1n) is 16.1.